The van der Waals surface area contributed by atoms with E-state index < -0.39 is 0 Å². The molecule has 4 nitrogen and oxygen atoms in total. The quantitative estimate of drug-likeness (QED) is 0.859. The molecule has 1 saturated carbocycles. The molecule has 0 spiro atoms. The first kappa shape index (κ1) is 15.2. The Labute approximate surface area is 134 Å². The largest absolute Gasteiger partial charge is 0.393 e. The van der Waals surface area contributed by atoms with Crippen molar-refractivity contribution in [2.75, 3.05) is 0 Å². The Kier molecular flexibility index (Phi) is 4.85. The zero-order valence-electron chi connectivity index (χ0n) is 12.3. The number of nitrogens with zero attached hydrogens (tertiary/aromatic N) is 1. The predicted molar refractivity (Wildman–Crippen MR) is 86.6 cm³/mol. The minimum absolute atomic E-state index is 0.0545. The van der Waals surface area contributed by atoms with E-state index in [-0.39, 0.29) is 18.1 Å². The summed E-state index contributed by atoms with van der Waals surface area (Å²) in [6, 6.07) is 6.02. The number of carbonyl (C=O) groups is 1. The second kappa shape index (κ2) is 7.03. The average molecular weight is 316 g/mol. The molecule has 1 fully saturated rings. The zero-order valence-corrected chi connectivity index (χ0v) is 13.1. The van der Waals surface area contributed by atoms with Crippen LogP contribution >= 0.6 is 11.3 Å². The Balaban J connectivity index is 1.62. The monoisotopic (exact) mass is 316 g/mol. The van der Waals surface area contributed by atoms with Crippen LogP contribution in [0.3, 0.4) is 0 Å². The van der Waals surface area contributed by atoms with Crippen LogP contribution in [0.1, 0.15) is 24.0 Å². The smallest absolute Gasteiger partial charge is 0.224 e. The number of thiophene rings is 1. The van der Waals surface area contributed by atoms with E-state index in [0.29, 0.717) is 12.3 Å². The SMILES string of the molecule is O=C(Cc1ccsc1)N[C@@H](Cc1ccncc1)C1CC(O)C1. The van der Waals surface area contributed by atoms with Crippen molar-refractivity contribution in [2.45, 2.75) is 37.8 Å². The van der Waals surface area contributed by atoms with Crippen LogP contribution in [-0.4, -0.2) is 28.1 Å². The van der Waals surface area contributed by atoms with Crippen molar-refractivity contribution >= 4 is 17.2 Å². The molecular weight excluding hydrogens is 296 g/mol. The van der Waals surface area contributed by atoms with Gasteiger partial charge in [-0.05, 0) is 65.3 Å². The Morgan fingerprint density at radius 3 is 2.73 bits per heavy atom. The van der Waals surface area contributed by atoms with Gasteiger partial charge in [0.15, 0.2) is 0 Å². The summed E-state index contributed by atoms with van der Waals surface area (Å²) in [5, 5.41) is 16.7. The maximum Gasteiger partial charge on any atom is 0.224 e. The summed E-state index contributed by atoms with van der Waals surface area (Å²) in [4.78, 5) is 16.3. The van der Waals surface area contributed by atoms with Crippen LogP contribution < -0.4 is 5.32 Å². The number of aliphatic hydroxyl groups excluding tert-OH is 1. The van der Waals surface area contributed by atoms with Crippen molar-refractivity contribution in [3.63, 3.8) is 0 Å². The molecule has 5 heteroatoms. The number of hydrogen-bond donors (Lipinski definition) is 2. The number of nitrogens with one attached hydrogen (secondary N) is 1. The van der Waals surface area contributed by atoms with Gasteiger partial charge in [0.25, 0.3) is 0 Å². The topological polar surface area (TPSA) is 62.2 Å². The molecule has 0 unspecified atom stereocenters. The van der Waals surface area contributed by atoms with Crippen LogP contribution in [0, 0.1) is 5.92 Å². The van der Waals surface area contributed by atoms with Gasteiger partial charge in [0.05, 0.1) is 12.5 Å². The van der Waals surface area contributed by atoms with Gasteiger partial charge in [-0.15, -0.1) is 0 Å². The number of rotatable bonds is 6. The highest BCUT2D eigenvalue weighted by Crippen LogP contribution is 2.31. The molecule has 1 atom stereocenters. The molecule has 0 aromatic carbocycles. The third-order valence-electron chi connectivity index (χ3n) is 4.21. The summed E-state index contributed by atoms with van der Waals surface area (Å²) in [7, 11) is 0. The third-order valence-corrected chi connectivity index (χ3v) is 4.95. The second-order valence-corrected chi connectivity index (χ2v) is 6.71. The Morgan fingerprint density at radius 2 is 2.09 bits per heavy atom. The maximum atomic E-state index is 12.3. The van der Waals surface area contributed by atoms with Gasteiger partial charge in [-0.25, -0.2) is 0 Å². The van der Waals surface area contributed by atoms with E-state index in [2.05, 4.69) is 10.3 Å². The van der Waals surface area contributed by atoms with Crippen LogP contribution in [0.4, 0.5) is 0 Å². The Bertz CT molecular complexity index is 594. The molecule has 2 aromatic heterocycles. The average Bonchev–Trinajstić information content (AvgIpc) is 2.97. The van der Waals surface area contributed by atoms with E-state index in [1.807, 2.05) is 29.0 Å². The number of aliphatic hydroxyl groups is 1. The van der Waals surface area contributed by atoms with Crippen LogP contribution in [-0.2, 0) is 17.6 Å². The molecule has 22 heavy (non-hydrogen) atoms. The van der Waals surface area contributed by atoms with E-state index >= 15 is 0 Å². The molecule has 0 radical (unpaired) electrons. The molecular formula is C17H20N2O2S. The second-order valence-electron chi connectivity index (χ2n) is 5.93. The predicted octanol–water partition coefficient (Wildman–Crippen LogP) is 2.18. The summed E-state index contributed by atoms with van der Waals surface area (Å²) in [6.07, 6.45) is 6.09. The molecule has 1 aliphatic carbocycles. The summed E-state index contributed by atoms with van der Waals surface area (Å²) in [6.45, 7) is 0. The zero-order chi connectivity index (χ0) is 15.4. The van der Waals surface area contributed by atoms with E-state index in [1.54, 1.807) is 23.7 Å². The van der Waals surface area contributed by atoms with Gasteiger partial charge in [0.1, 0.15) is 0 Å². The molecule has 1 amide bonds. The van der Waals surface area contributed by atoms with Gasteiger partial charge in [-0.1, -0.05) is 0 Å². The molecule has 2 aromatic rings. The lowest BCUT2D eigenvalue weighted by Gasteiger charge is -2.38. The van der Waals surface area contributed by atoms with Crippen LogP contribution in [0.25, 0.3) is 0 Å². The molecule has 2 N–H and O–H groups in total. The van der Waals surface area contributed by atoms with Crippen LogP contribution in [0.2, 0.25) is 0 Å². The van der Waals surface area contributed by atoms with Gasteiger partial charge < -0.3 is 10.4 Å². The molecule has 1 aliphatic rings. The van der Waals surface area contributed by atoms with Gasteiger partial charge >= 0.3 is 0 Å². The molecule has 0 bridgehead atoms. The normalized spacial score (nSPS) is 21.9. The van der Waals surface area contributed by atoms with Crippen molar-refractivity contribution in [1.29, 1.82) is 0 Å². The highest BCUT2D eigenvalue weighted by atomic mass is 32.1. The first-order valence-electron chi connectivity index (χ1n) is 7.58. The van der Waals surface area contributed by atoms with Gasteiger partial charge in [-0.2, -0.15) is 11.3 Å². The summed E-state index contributed by atoms with van der Waals surface area (Å²) < 4.78 is 0. The van der Waals surface area contributed by atoms with Crippen molar-refractivity contribution in [3.8, 4) is 0 Å². The molecule has 116 valence electrons. The fraction of sp³-hybridized carbons (Fsp3) is 0.412. The molecule has 0 aliphatic heterocycles. The van der Waals surface area contributed by atoms with E-state index in [4.69, 9.17) is 0 Å². The first-order valence-corrected chi connectivity index (χ1v) is 8.52. The standard InChI is InChI=1S/C17H20N2O2S/c20-15-9-14(10-15)16(7-12-1-4-18-5-2-12)19-17(21)8-13-3-6-22-11-13/h1-6,11,14-16,20H,7-10H2,(H,19,21)/t14?,15?,16-/m0/s1. The molecule has 0 saturated heterocycles. The van der Waals surface area contributed by atoms with Crippen molar-refractivity contribution in [3.05, 3.63) is 52.5 Å². The summed E-state index contributed by atoms with van der Waals surface area (Å²) in [5.74, 6) is 0.411. The van der Waals surface area contributed by atoms with E-state index in [9.17, 15) is 9.90 Å². The highest BCUT2D eigenvalue weighted by molar-refractivity contribution is 7.07. The number of hydrogen-bond acceptors (Lipinski definition) is 4. The van der Waals surface area contributed by atoms with Crippen molar-refractivity contribution in [1.82, 2.24) is 10.3 Å². The van der Waals surface area contributed by atoms with Crippen LogP contribution in [0.5, 0.6) is 0 Å². The fourth-order valence-corrected chi connectivity index (χ4v) is 3.57. The van der Waals surface area contributed by atoms with E-state index in [1.165, 1.54) is 0 Å². The lowest BCUT2D eigenvalue weighted by atomic mass is 9.75. The highest BCUT2D eigenvalue weighted by Gasteiger charge is 2.34. The van der Waals surface area contributed by atoms with Crippen molar-refractivity contribution in [2.24, 2.45) is 5.92 Å². The van der Waals surface area contributed by atoms with Crippen LogP contribution in [0.15, 0.2) is 41.4 Å². The number of aromatic nitrogens is 1. The maximum absolute atomic E-state index is 12.3. The number of amides is 1. The minimum Gasteiger partial charge on any atom is -0.393 e. The number of pyridine rings is 1. The lowest BCUT2D eigenvalue weighted by molar-refractivity contribution is -0.122. The van der Waals surface area contributed by atoms with E-state index in [0.717, 1.165) is 30.4 Å². The Morgan fingerprint density at radius 1 is 1.32 bits per heavy atom. The number of carbonyl (C=O) groups excluding carboxylic acids is 1. The molecule has 2 heterocycles. The lowest BCUT2D eigenvalue weighted by Crippen LogP contribution is -2.48. The fourth-order valence-electron chi connectivity index (χ4n) is 2.90. The first-order chi connectivity index (χ1) is 10.7. The van der Waals surface area contributed by atoms with Gasteiger partial charge in [0, 0.05) is 18.4 Å². The minimum atomic E-state index is -0.210. The van der Waals surface area contributed by atoms with Crippen molar-refractivity contribution < 1.29 is 9.90 Å². The van der Waals surface area contributed by atoms with Gasteiger partial charge in [-0.3, -0.25) is 9.78 Å². The summed E-state index contributed by atoms with van der Waals surface area (Å²) in [5.41, 5.74) is 2.22. The third kappa shape index (κ3) is 3.93. The Hall–Kier alpha value is -1.72. The summed E-state index contributed by atoms with van der Waals surface area (Å²) >= 11 is 1.61. The molecule has 3 rings (SSSR count). The van der Waals surface area contributed by atoms with Gasteiger partial charge in [0.2, 0.25) is 5.91 Å².